The number of rotatable bonds is 2. The molecule has 0 atom stereocenters. The molecule has 0 unspecified atom stereocenters. The average Bonchev–Trinajstić information content (AvgIpc) is 2.01. The van der Waals surface area contributed by atoms with Crippen LogP contribution in [0.5, 0.6) is 5.75 Å². The SMILES string of the molecule is CCc1c(F)cccc1OC(F)(F)F. The molecular formula is C9H8F4O. The van der Waals surface area contributed by atoms with E-state index in [0.717, 1.165) is 12.1 Å². The molecule has 0 amide bonds. The van der Waals surface area contributed by atoms with Crippen molar-refractivity contribution in [2.75, 3.05) is 0 Å². The van der Waals surface area contributed by atoms with Gasteiger partial charge in [0.15, 0.2) is 0 Å². The van der Waals surface area contributed by atoms with Crippen LogP contribution in [0.2, 0.25) is 0 Å². The fraction of sp³-hybridized carbons (Fsp3) is 0.333. The van der Waals surface area contributed by atoms with Crippen molar-refractivity contribution in [1.82, 2.24) is 0 Å². The first kappa shape index (κ1) is 10.8. The molecule has 1 nitrogen and oxygen atoms in total. The Morgan fingerprint density at radius 1 is 1.29 bits per heavy atom. The molecule has 0 aromatic heterocycles. The van der Waals surface area contributed by atoms with E-state index in [9.17, 15) is 17.6 Å². The zero-order valence-corrected chi connectivity index (χ0v) is 7.36. The number of hydrogen-bond acceptors (Lipinski definition) is 1. The highest BCUT2D eigenvalue weighted by Gasteiger charge is 2.32. The Bertz CT molecular complexity index is 319. The van der Waals surface area contributed by atoms with Gasteiger partial charge in [-0.2, -0.15) is 0 Å². The maximum atomic E-state index is 13.0. The number of hydrogen-bond donors (Lipinski definition) is 0. The van der Waals surface area contributed by atoms with Crippen molar-refractivity contribution in [3.63, 3.8) is 0 Å². The van der Waals surface area contributed by atoms with Crippen LogP contribution < -0.4 is 4.74 Å². The molecule has 78 valence electrons. The van der Waals surface area contributed by atoms with E-state index in [-0.39, 0.29) is 12.0 Å². The number of benzene rings is 1. The lowest BCUT2D eigenvalue weighted by molar-refractivity contribution is -0.274. The summed E-state index contributed by atoms with van der Waals surface area (Å²) in [6.07, 6.45) is -4.63. The zero-order chi connectivity index (χ0) is 10.8. The van der Waals surface area contributed by atoms with Crippen LogP contribution in [0.3, 0.4) is 0 Å². The van der Waals surface area contributed by atoms with E-state index in [2.05, 4.69) is 4.74 Å². The Kier molecular flexibility index (Phi) is 2.98. The van der Waals surface area contributed by atoms with Gasteiger partial charge in [0.1, 0.15) is 11.6 Å². The first-order valence-electron chi connectivity index (χ1n) is 3.97. The summed E-state index contributed by atoms with van der Waals surface area (Å²) in [5.41, 5.74) is -0.0650. The molecule has 1 rings (SSSR count). The lowest BCUT2D eigenvalue weighted by Gasteiger charge is -2.12. The third-order valence-electron chi connectivity index (χ3n) is 1.66. The van der Waals surface area contributed by atoms with Gasteiger partial charge >= 0.3 is 6.36 Å². The van der Waals surface area contributed by atoms with Crippen LogP contribution in [0.25, 0.3) is 0 Å². The van der Waals surface area contributed by atoms with Crippen molar-refractivity contribution < 1.29 is 22.3 Å². The van der Waals surface area contributed by atoms with Gasteiger partial charge in [0, 0.05) is 5.56 Å². The molecule has 0 radical (unpaired) electrons. The summed E-state index contributed by atoms with van der Waals surface area (Å²) in [7, 11) is 0. The van der Waals surface area contributed by atoms with Crippen molar-refractivity contribution >= 4 is 0 Å². The second-order valence-electron chi connectivity index (χ2n) is 2.62. The molecule has 0 bridgehead atoms. The Balaban J connectivity index is 3.02. The summed E-state index contributed by atoms with van der Waals surface area (Å²) in [5.74, 6) is -1.16. The number of halogens is 4. The highest BCUT2D eigenvalue weighted by molar-refractivity contribution is 5.34. The second-order valence-corrected chi connectivity index (χ2v) is 2.62. The third-order valence-corrected chi connectivity index (χ3v) is 1.66. The van der Waals surface area contributed by atoms with Crippen LogP contribution in [-0.2, 0) is 6.42 Å². The maximum absolute atomic E-state index is 13.0. The van der Waals surface area contributed by atoms with Gasteiger partial charge < -0.3 is 4.74 Å². The van der Waals surface area contributed by atoms with E-state index in [1.54, 1.807) is 6.92 Å². The Labute approximate surface area is 78.3 Å². The minimum Gasteiger partial charge on any atom is -0.405 e. The number of ether oxygens (including phenoxy) is 1. The van der Waals surface area contributed by atoms with Gasteiger partial charge in [0.2, 0.25) is 0 Å². The van der Waals surface area contributed by atoms with Gasteiger partial charge in [-0.3, -0.25) is 0 Å². The lowest BCUT2D eigenvalue weighted by atomic mass is 10.1. The van der Waals surface area contributed by atoms with Gasteiger partial charge in [-0.05, 0) is 18.6 Å². The van der Waals surface area contributed by atoms with E-state index < -0.39 is 17.9 Å². The highest BCUT2D eigenvalue weighted by Crippen LogP contribution is 2.28. The minimum absolute atomic E-state index is 0.0650. The molecule has 14 heavy (non-hydrogen) atoms. The smallest absolute Gasteiger partial charge is 0.405 e. The molecule has 0 saturated carbocycles. The van der Waals surface area contributed by atoms with Crippen LogP contribution in [0.15, 0.2) is 18.2 Å². The molecule has 0 aliphatic heterocycles. The van der Waals surface area contributed by atoms with Crippen molar-refractivity contribution in [1.29, 1.82) is 0 Å². The maximum Gasteiger partial charge on any atom is 0.573 e. The third kappa shape index (κ3) is 2.61. The molecule has 0 N–H and O–H groups in total. The van der Waals surface area contributed by atoms with Gasteiger partial charge in [-0.25, -0.2) is 4.39 Å². The highest BCUT2D eigenvalue weighted by atomic mass is 19.4. The van der Waals surface area contributed by atoms with Crippen LogP contribution in [0.4, 0.5) is 17.6 Å². The Morgan fingerprint density at radius 2 is 1.93 bits per heavy atom. The van der Waals surface area contributed by atoms with Gasteiger partial charge in [-0.1, -0.05) is 13.0 Å². The van der Waals surface area contributed by atoms with E-state index in [4.69, 9.17) is 0 Å². The standard InChI is InChI=1S/C9H8F4O/c1-2-6-7(10)4-3-5-8(6)14-9(11,12)13/h3-5H,2H2,1H3. The van der Waals surface area contributed by atoms with Gasteiger partial charge in [-0.15, -0.1) is 13.2 Å². The summed E-state index contributed by atoms with van der Waals surface area (Å²) >= 11 is 0. The Morgan fingerprint density at radius 3 is 2.43 bits per heavy atom. The quantitative estimate of drug-likeness (QED) is 0.677. The average molecular weight is 208 g/mol. The van der Waals surface area contributed by atoms with Gasteiger partial charge in [0.05, 0.1) is 0 Å². The predicted molar refractivity (Wildman–Crippen MR) is 42.5 cm³/mol. The fourth-order valence-corrected chi connectivity index (χ4v) is 1.10. The van der Waals surface area contributed by atoms with Crippen molar-refractivity contribution in [2.24, 2.45) is 0 Å². The largest absolute Gasteiger partial charge is 0.573 e. The van der Waals surface area contributed by atoms with Gasteiger partial charge in [0.25, 0.3) is 0 Å². The molecule has 0 spiro atoms. The molecule has 0 aliphatic carbocycles. The summed E-state index contributed by atoms with van der Waals surface area (Å²) in [5, 5.41) is 0. The van der Waals surface area contributed by atoms with Crippen molar-refractivity contribution in [3.8, 4) is 5.75 Å². The molecule has 1 aromatic carbocycles. The monoisotopic (exact) mass is 208 g/mol. The summed E-state index contributed by atoms with van der Waals surface area (Å²) in [6.45, 7) is 1.56. The second kappa shape index (κ2) is 3.86. The van der Waals surface area contributed by atoms with Crippen LogP contribution >= 0.6 is 0 Å². The summed E-state index contributed by atoms with van der Waals surface area (Å²) < 4.78 is 52.2. The fourth-order valence-electron chi connectivity index (χ4n) is 1.10. The summed E-state index contributed by atoms with van der Waals surface area (Å²) in [4.78, 5) is 0. The molecular weight excluding hydrogens is 200 g/mol. The molecule has 0 heterocycles. The minimum atomic E-state index is -4.78. The first-order chi connectivity index (χ1) is 6.44. The number of alkyl halides is 3. The molecule has 0 fully saturated rings. The van der Waals surface area contributed by atoms with Crippen molar-refractivity contribution in [3.05, 3.63) is 29.6 Å². The normalized spacial score (nSPS) is 11.5. The first-order valence-corrected chi connectivity index (χ1v) is 3.97. The van der Waals surface area contributed by atoms with Crippen LogP contribution in [-0.4, -0.2) is 6.36 Å². The van der Waals surface area contributed by atoms with E-state index in [1.807, 2.05) is 0 Å². The van der Waals surface area contributed by atoms with E-state index in [1.165, 1.54) is 6.07 Å². The van der Waals surface area contributed by atoms with E-state index in [0.29, 0.717) is 0 Å². The Hall–Kier alpha value is -1.26. The molecule has 1 aromatic rings. The topological polar surface area (TPSA) is 9.23 Å². The van der Waals surface area contributed by atoms with E-state index >= 15 is 0 Å². The summed E-state index contributed by atoms with van der Waals surface area (Å²) in [6, 6.07) is 3.37. The molecule has 5 heteroatoms. The zero-order valence-electron chi connectivity index (χ0n) is 7.36. The van der Waals surface area contributed by atoms with Crippen LogP contribution in [0.1, 0.15) is 12.5 Å². The molecule has 0 saturated heterocycles. The van der Waals surface area contributed by atoms with Crippen LogP contribution in [0, 0.1) is 5.82 Å². The van der Waals surface area contributed by atoms with Crippen molar-refractivity contribution in [2.45, 2.75) is 19.7 Å². The lowest BCUT2D eigenvalue weighted by Crippen LogP contribution is -2.18. The molecule has 0 aliphatic rings. The predicted octanol–water partition coefficient (Wildman–Crippen LogP) is 3.29.